The van der Waals surface area contributed by atoms with E-state index in [4.69, 9.17) is 4.74 Å². The van der Waals surface area contributed by atoms with E-state index in [1.165, 1.54) is 54.9 Å². The van der Waals surface area contributed by atoms with Gasteiger partial charge in [-0.05, 0) is 48.6 Å². The Labute approximate surface area is 139 Å². The molecule has 122 valence electrons. The lowest BCUT2D eigenvalue weighted by atomic mass is 9.81. The summed E-state index contributed by atoms with van der Waals surface area (Å²) in [4.78, 5) is 2.49. The van der Waals surface area contributed by atoms with Crippen LogP contribution < -0.4 is 0 Å². The van der Waals surface area contributed by atoms with Crippen LogP contribution in [0.2, 0.25) is 0 Å². The van der Waals surface area contributed by atoms with Crippen LogP contribution in [-0.4, -0.2) is 23.8 Å². The van der Waals surface area contributed by atoms with Gasteiger partial charge in [0, 0.05) is 12.6 Å². The monoisotopic (exact) mass is 309 g/mol. The summed E-state index contributed by atoms with van der Waals surface area (Å²) in [5.41, 5.74) is 1.60. The molecule has 2 aliphatic rings. The topological polar surface area (TPSA) is 12.5 Å². The molecule has 2 aromatic rings. The Morgan fingerprint density at radius 1 is 0.957 bits per heavy atom. The molecule has 1 saturated carbocycles. The van der Waals surface area contributed by atoms with E-state index >= 15 is 0 Å². The lowest BCUT2D eigenvalue weighted by Gasteiger charge is -2.45. The first-order valence-corrected chi connectivity index (χ1v) is 9.13. The molecule has 23 heavy (non-hydrogen) atoms. The van der Waals surface area contributed by atoms with Gasteiger partial charge in [-0.25, -0.2) is 0 Å². The van der Waals surface area contributed by atoms with Crippen molar-refractivity contribution in [2.75, 3.05) is 13.3 Å². The fraction of sp³-hybridized carbons (Fsp3) is 0.524. The van der Waals surface area contributed by atoms with Crippen molar-refractivity contribution in [3.8, 4) is 0 Å². The van der Waals surface area contributed by atoms with Gasteiger partial charge >= 0.3 is 0 Å². The molecule has 2 aromatic carbocycles. The highest BCUT2D eigenvalue weighted by Crippen LogP contribution is 2.38. The zero-order valence-corrected chi connectivity index (χ0v) is 14.1. The predicted octanol–water partition coefficient (Wildman–Crippen LogP) is 5.28. The molecule has 1 saturated heterocycles. The molecule has 2 heteroatoms. The van der Waals surface area contributed by atoms with Gasteiger partial charge in [-0.2, -0.15) is 0 Å². The van der Waals surface area contributed by atoms with Crippen molar-refractivity contribution in [3.63, 3.8) is 0 Å². The third-order valence-corrected chi connectivity index (χ3v) is 5.96. The zero-order chi connectivity index (χ0) is 15.7. The van der Waals surface area contributed by atoms with Gasteiger partial charge in [0.05, 0.1) is 5.60 Å². The normalized spacial score (nSPS) is 23.2. The summed E-state index contributed by atoms with van der Waals surface area (Å²) in [6.45, 7) is 4.26. The zero-order valence-electron chi connectivity index (χ0n) is 14.1. The summed E-state index contributed by atoms with van der Waals surface area (Å²) >= 11 is 0. The maximum absolute atomic E-state index is 6.38. The second-order valence-electron chi connectivity index (χ2n) is 7.36. The summed E-state index contributed by atoms with van der Waals surface area (Å²) in [6.07, 6.45) is 7.82. The molecule has 0 unspecified atom stereocenters. The molecule has 0 bridgehead atoms. The smallest absolute Gasteiger partial charge is 0.100 e. The first-order valence-electron chi connectivity index (χ1n) is 9.13. The first-order chi connectivity index (χ1) is 11.3. The minimum absolute atomic E-state index is 0.206. The number of fused-ring (bicyclic) bond motifs is 1. The van der Waals surface area contributed by atoms with Crippen LogP contribution in [0.25, 0.3) is 10.8 Å². The molecule has 1 aliphatic carbocycles. The summed E-state index contributed by atoms with van der Waals surface area (Å²) in [6, 6.07) is 15.9. The SMILES string of the molecule is C[C@@H](c1ccc2ccccc2c1)N1CCC2(CCCCC2)OC1. The summed E-state index contributed by atoms with van der Waals surface area (Å²) in [5, 5.41) is 2.65. The van der Waals surface area contributed by atoms with Gasteiger partial charge in [0.2, 0.25) is 0 Å². The van der Waals surface area contributed by atoms with Crippen molar-refractivity contribution in [2.24, 2.45) is 0 Å². The average Bonchev–Trinajstić information content (AvgIpc) is 2.62. The van der Waals surface area contributed by atoms with Crippen LogP contribution in [-0.2, 0) is 4.74 Å². The summed E-state index contributed by atoms with van der Waals surface area (Å²) in [5.74, 6) is 0. The molecule has 1 heterocycles. The number of hydrogen-bond acceptors (Lipinski definition) is 2. The van der Waals surface area contributed by atoms with Crippen LogP contribution >= 0.6 is 0 Å². The van der Waals surface area contributed by atoms with Crippen molar-refractivity contribution in [2.45, 2.75) is 57.1 Å². The van der Waals surface area contributed by atoms with Crippen LogP contribution in [0, 0.1) is 0 Å². The Bertz CT molecular complexity index is 664. The second-order valence-corrected chi connectivity index (χ2v) is 7.36. The van der Waals surface area contributed by atoms with Crippen LogP contribution in [0.3, 0.4) is 0 Å². The van der Waals surface area contributed by atoms with Crippen LogP contribution in [0.5, 0.6) is 0 Å². The molecule has 0 radical (unpaired) electrons. The lowest BCUT2D eigenvalue weighted by Crippen LogP contribution is -2.48. The number of ether oxygens (including phenoxy) is 1. The van der Waals surface area contributed by atoms with E-state index in [1.54, 1.807) is 0 Å². The molecule has 1 aliphatic heterocycles. The number of nitrogens with zero attached hydrogens (tertiary/aromatic N) is 1. The molecule has 0 N–H and O–H groups in total. The van der Waals surface area contributed by atoms with Gasteiger partial charge in [-0.1, -0.05) is 55.7 Å². The van der Waals surface area contributed by atoms with Crippen molar-refractivity contribution in [3.05, 3.63) is 48.0 Å². The van der Waals surface area contributed by atoms with E-state index in [0.29, 0.717) is 6.04 Å². The third kappa shape index (κ3) is 3.02. The third-order valence-electron chi connectivity index (χ3n) is 5.96. The fourth-order valence-corrected chi connectivity index (χ4v) is 4.28. The molecular weight excluding hydrogens is 282 g/mol. The standard InChI is InChI=1S/C21H27NO/c1-17(19-10-9-18-7-3-4-8-20(18)15-19)22-14-13-21(23-16-22)11-5-2-6-12-21/h3-4,7-10,15,17H,2,5-6,11-14,16H2,1H3/t17-/m0/s1. The van der Waals surface area contributed by atoms with Crippen molar-refractivity contribution >= 4 is 10.8 Å². The number of benzene rings is 2. The molecule has 0 amide bonds. The van der Waals surface area contributed by atoms with Gasteiger partial charge in [0.25, 0.3) is 0 Å². The van der Waals surface area contributed by atoms with Crippen LogP contribution in [0.15, 0.2) is 42.5 Å². The summed E-state index contributed by atoms with van der Waals surface area (Å²) in [7, 11) is 0. The largest absolute Gasteiger partial charge is 0.360 e. The van der Waals surface area contributed by atoms with E-state index in [0.717, 1.165) is 13.3 Å². The number of rotatable bonds is 2. The minimum atomic E-state index is 0.206. The van der Waals surface area contributed by atoms with Crippen molar-refractivity contribution in [1.82, 2.24) is 4.90 Å². The Balaban J connectivity index is 1.47. The lowest BCUT2D eigenvalue weighted by molar-refractivity contribution is -0.162. The fourth-order valence-electron chi connectivity index (χ4n) is 4.28. The number of hydrogen-bond donors (Lipinski definition) is 0. The van der Waals surface area contributed by atoms with Gasteiger partial charge in [0.1, 0.15) is 6.73 Å². The molecule has 2 fully saturated rings. The Morgan fingerprint density at radius 2 is 1.74 bits per heavy atom. The van der Waals surface area contributed by atoms with Gasteiger partial charge in [0.15, 0.2) is 0 Å². The van der Waals surface area contributed by atoms with Crippen LogP contribution in [0.1, 0.15) is 57.1 Å². The summed E-state index contributed by atoms with van der Waals surface area (Å²) < 4.78 is 6.38. The second kappa shape index (κ2) is 6.26. The Kier molecular flexibility index (Phi) is 4.13. The Morgan fingerprint density at radius 3 is 2.48 bits per heavy atom. The maximum atomic E-state index is 6.38. The molecule has 4 rings (SSSR count). The molecule has 1 spiro atoms. The highest BCUT2D eigenvalue weighted by Gasteiger charge is 2.37. The molecule has 2 nitrogen and oxygen atoms in total. The predicted molar refractivity (Wildman–Crippen MR) is 95.5 cm³/mol. The highest BCUT2D eigenvalue weighted by atomic mass is 16.5. The van der Waals surface area contributed by atoms with E-state index in [9.17, 15) is 0 Å². The van der Waals surface area contributed by atoms with E-state index in [1.807, 2.05) is 0 Å². The minimum Gasteiger partial charge on any atom is -0.360 e. The highest BCUT2D eigenvalue weighted by molar-refractivity contribution is 5.83. The molecular formula is C21H27NO. The van der Waals surface area contributed by atoms with Crippen molar-refractivity contribution in [1.29, 1.82) is 0 Å². The van der Waals surface area contributed by atoms with Gasteiger partial charge < -0.3 is 4.74 Å². The Hall–Kier alpha value is -1.38. The maximum Gasteiger partial charge on any atom is 0.100 e. The van der Waals surface area contributed by atoms with E-state index < -0.39 is 0 Å². The van der Waals surface area contributed by atoms with Crippen molar-refractivity contribution < 1.29 is 4.74 Å². The average molecular weight is 309 g/mol. The quantitative estimate of drug-likeness (QED) is 0.748. The first kappa shape index (κ1) is 15.2. The van der Waals surface area contributed by atoms with Gasteiger partial charge in [-0.3, -0.25) is 4.90 Å². The van der Waals surface area contributed by atoms with E-state index in [-0.39, 0.29) is 5.60 Å². The van der Waals surface area contributed by atoms with Gasteiger partial charge in [-0.15, -0.1) is 0 Å². The molecule has 0 aromatic heterocycles. The molecule has 1 atom stereocenters. The van der Waals surface area contributed by atoms with Crippen LogP contribution in [0.4, 0.5) is 0 Å². The van der Waals surface area contributed by atoms with E-state index in [2.05, 4.69) is 54.3 Å².